The molecule has 0 bridgehead atoms. The van der Waals surface area contributed by atoms with E-state index >= 15 is 0 Å². The summed E-state index contributed by atoms with van der Waals surface area (Å²) in [6, 6.07) is 15.6. The third-order valence-electron chi connectivity index (χ3n) is 7.30. The molecule has 3 aromatic rings. The molecule has 0 heterocycles. The number of carbonyl (C=O) groups is 3. The van der Waals surface area contributed by atoms with E-state index in [4.69, 9.17) is 14.2 Å². The van der Waals surface area contributed by atoms with Gasteiger partial charge in [0.05, 0.1) is 5.41 Å². The minimum atomic E-state index is -0.618. The van der Waals surface area contributed by atoms with E-state index < -0.39 is 17.4 Å². The van der Waals surface area contributed by atoms with E-state index in [0.717, 1.165) is 51.8 Å². The summed E-state index contributed by atoms with van der Waals surface area (Å²) in [7, 11) is 0. The van der Waals surface area contributed by atoms with Crippen LogP contribution in [0.4, 0.5) is 0 Å². The van der Waals surface area contributed by atoms with Crippen LogP contribution in [-0.4, -0.2) is 17.9 Å². The number of benzene rings is 3. The van der Waals surface area contributed by atoms with Crippen LogP contribution < -0.4 is 9.47 Å². The predicted molar refractivity (Wildman–Crippen MR) is 164 cm³/mol. The van der Waals surface area contributed by atoms with Crippen LogP contribution in [0.15, 0.2) is 72.8 Å². The molecule has 0 aromatic heterocycles. The van der Waals surface area contributed by atoms with E-state index in [1.165, 1.54) is 5.56 Å². The van der Waals surface area contributed by atoms with Crippen molar-refractivity contribution in [3.05, 3.63) is 95.1 Å². The summed E-state index contributed by atoms with van der Waals surface area (Å²) >= 11 is 0. The maximum Gasteiger partial charge on any atom is 0.338 e. The van der Waals surface area contributed by atoms with Crippen LogP contribution in [0.25, 0.3) is 22.3 Å². The van der Waals surface area contributed by atoms with Crippen LogP contribution in [0.3, 0.4) is 0 Å². The Kier molecular flexibility index (Phi) is 8.58. The summed E-state index contributed by atoms with van der Waals surface area (Å²) in [6.07, 6.45) is 1.35. The summed E-state index contributed by atoms with van der Waals surface area (Å²) in [6.45, 7) is 20.1. The van der Waals surface area contributed by atoms with Gasteiger partial charge < -0.3 is 14.2 Å². The Morgan fingerprint density at radius 2 is 1.38 bits per heavy atom. The molecule has 0 radical (unpaired) electrons. The van der Waals surface area contributed by atoms with Crippen LogP contribution in [-0.2, 0) is 25.5 Å². The normalized spacial score (nSPS) is 14.1. The maximum absolute atomic E-state index is 12.6. The van der Waals surface area contributed by atoms with Gasteiger partial charge in [0.25, 0.3) is 0 Å². The van der Waals surface area contributed by atoms with Crippen LogP contribution >= 0.6 is 0 Å². The number of hydrogen-bond donors (Lipinski definition) is 0. The van der Waals surface area contributed by atoms with Gasteiger partial charge in [0.2, 0.25) is 0 Å². The number of hydrogen-bond acceptors (Lipinski definition) is 6. The second kappa shape index (κ2) is 11.8. The Morgan fingerprint density at radius 1 is 0.786 bits per heavy atom. The second-order valence-electron chi connectivity index (χ2n) is 12.0. The lowest BCUT2D eigenvalue weighted by Gasteiger charge is -2.21. The number of rotatable bonds is 7. The van der Waals surface area contributed by atoms with Crippen molar-refractivity contribution in [1.82, 2.24) is 0 Å². The molecule has 0 amide bonds. The molecular weight excluding hydrogens is 528 g/mol. The number of aryl methyl sites for hydroxylation is 2. The first kappa shape index (κ1) is 30.5. The summed E-state index contributed by atoms with van der Waals surface area (Å²) in [5, 5.41) is 0. The molecule has 0 N–H and O–H groups in total. The van der Waals surface area contributed by atoms with Crippen molar-refractivity contribution in [2.24, 2.45) is 5.41 Å². The van der Waals surface area contributed by atoms with Gasteiger partial charge in [-0.1, -0.05) is 49.6 Å². The van der Waals surface area contributed by atoms with Gasteiger partial charge in [-0.15, -0.1) is 0 Å². The molecule has 6 nitrogen and oxygen atoms in total. The molecule has 0 saturated heterocycles. The van der Waals surface area contributed by atoms with E-state index in [2.05, 4.69) is 44.3 Å². The standard InChI is InChI=1S/C36H38O6/c1-20(2)33(37)40-31-15-13-24(19-32(31)41-34(38)21(3)4)28-17-23(6)29(18-22(28)5)25-11-10-12-27-26(25)14-16-30(27)42-35(39)36(7,8)9/h10-13,15,17-19,30H,1,3,14,16H2,2,4-9H3. The van der Waals surface area contributed by atoms with Crippen molar-refractivity contribution in [3.63, 3.8) is 0 Å². The van der Waals surface area contributed by atoms with Crippen molar-refractivity contribution in [3.8, 4) is 33.8 Å². The molecule has 1 unspecified atom stereocenters. The minimum Gasteiger partial charge on any atom is -0.457 e. The molecular formula is C36H38O6. The Hall–Kier alpha value is -4.45. The Bertz CT molecular complexity index is 1620. The average Bonchev–Trinajstić information content (AvgIpc) is 3.33. The van der Waals surface area contributed by atoms with Crippen molar-refractivity contribution in [1.29, 1.82) is 0 Å². The monoisotopic (exact) mass is 566 g/mol. The van der Waals surface area contributed by atoms with E-state index in [1.54, 1.807) is 26.0 Å². The highest BCUT2D eigenvalue weighted by atomic mass is 16.6. The third kappa shape index (κ3) is 6.38. The van der Waals surface area contributed by atoms with Crippen molar-refractivity contribution < 1.29 is 28.6 Å². The molecule has 1 aliphatic rings. The van der Waals surface area contributed by atoms with Gasteiger partial charge in [0.1, 0.15) is 6.10 Å². The Balaban J connectivity index is 1.72. The summed E-state index contributed by atoms with van der Waals surface area (Å²) in [5.41, 5.74) is 8.24. The molecule has 0 aliphatic heterocycles. The molecule has 218 valence electrons. The highest BCUT2D eigenvalue weighted by molar-refractivity contribution is 5.91. The molecule has 3 aromatic carbocycles. The molecule has 0 saturated carbocycles. The van der Waals surface area contributed by atoms with Crippen molar-refractivity contribution in [2.75, 3.05) is 0 Å². The highest BCUT2D eigenvalue weighted by Crippen LogP contribution is 2.43. The van der Waals surface area contributed by atoms with Gasteiger partial charge in [-0.3, -0.25) is 4.79 Å². The largest absolute Gasteiger partial charge is 0.457 e. The lowest BCUT2D eigenvalue weighted by Crippen LogP contribution is -2.24. The molecule has 6 heteroatoms. The van der Waals surface area contributed by atoms with Gasteiger partial charge in [0.15, 0.2) is 11.5 Å². The number of esters is 3. The first-order valence-corrected chi connectivity index (χ1v) is 14.0. The topological polar surface area (TPSA) is 78.9 Å². The van der Waals surface area contributed by atoms with Crippen molar-refractivity contribution >= 4 is 17.9 Å². The van der Waals surface area contributed by atoms with Crippen LogP contribution in [0.5, 0.6) is 11.5 Å². The Labute approximate surface area is 248 Å². The fraction of sp³-hybridized carbons (Fsp3) is 0.306. The van der Waals surface area contributed by atoms with E-state index in [-0.39, 0.29) is 34.7 Å². The molecule has 0 fully saturated rings. The smallest absolute Gasteiger partial charge is 0.338 e. The first-order valence-electron chi connectivity index (χ1n) is 14.0. The molecule has 4 rings (SSSR count). The zero-order chi connectivity index (χ0) is 30.9. The zero-order valence-electron chi connectivity index (χ0n) is 25.5. The quantitative estimate of drug-likeness (QED) is 0.163. The minimum absolute atomic E-state index is 0.118. The number of ether oxygens (including phenoxy) is 3. The SMILES string of the molecule is C=C(C)C(=O)Oc1ccc(-c2cc(C)c(-c3cccc4c3CCC4OC(=O)C(C)(C)C)cc2C)cc1OC(=O)C(=C)C. The van der Waals surface area contributed by atoms with Gasteiger partial charge in [0, 0.05) is 11.1 Å². The average molecular weight is 567 g/mol. The van der Waals surface area contributed by atoms with E-state index in [0.29, 0.717) is 0 Å². The third-order valence-corrected chi connectivity index (χ3v) is 7.30. The summed E-state index contributed by atoms with van der Waals surface area (Å²) in [5.74, 6) is -1.19. The van der Waals surface area contributed by atoms with E-state index in [1.807, 2.05) is 39.8 Å². The summed E-state index contributed by atoms with van der Waals surface area (Å²) < 4.78 is 16.9. The van der Waals surface area contributed by atoms with E-state index in [9.17, 15) is 14.4 Å². The molecule has 1 atom stereocenters. The van der Waals surface area contributed by atoms with Crippen LogP contribution in [0.1, 0.15) is 69.4 Å². The van der Waals surface area contributed by atoms with Gasteiger partial charge in [-0.05, 0) is 118 Å². The predicted octanol–water partition coefficient (Wildman–Crippen LogP) is 8.18. The highest BCUT2D eigenvalue weighted by Gasteiger charge is 2.32. The van der Waals surface area contributed by atoms with Gasteiger partial charge in [-0.2, -0.15) is 0 Å². The first-order chi connectivity index (χ1) is 19.7. The molecule has 1 aliphatic carbocycles. The van der Waals surface area contributed by atoms with Gasteiger partial charge in [-0.25, -0.2) is 9.59 Å². The zero-order valence-corrected chi connectivity index (χ0v) is 25.5. The number of carbonyl (C=O) groups excluding carboxylic acids is 3. The molecule has 0 spiro atoms. The summed E-state index contributed by atoms with van der Waals surface area (Å²) in [4.78, 5) is 37.2. The van der Waals surface area contributed by atoms with Crippen LogP contribution in [0.2, 0.25) is 0 Å². The lowest BCUT2D eigenvalue weighted by atomic mass is 9.89. The fourth-order valence-electron chi connectivity index (χ4n) is 4.93. The van der Waals surface area contributed by atoms with Crippen LogP contribution in [0, 0.1) is 19.3 Å². The van der Waals surface area contributed by atoms with Gasteiger partial charge >= 0.3 is 17.9 Å². The molecule has 42 heavy (non-hydrogen) atoms. The fourth-order valence-corrected chi connectivity index (χ4v) is 4.93. The number of fused-ring (bicyclic) bond motifs is 1. The second-order valence-corrected chi connectivity index (χ2v) is 12.0. The maximum atomic E-state index is 12.6. The van der Waals surface area contributed by atoms with Crippen molar-refractivity contribution in [2.45, 2.75) is 67.4 Å². The lowest BCUT2D eigenvalue weighted by molar-refractivity contribution is -0.159. The Morgan fingerprint density at radius 3 is 2.00 bits per heavy atom.